The van der Waals surface area contributed by atoms with Gasteiger partial charge in [0.1, 0.15) is 5.82 Å². The molecule has 0 saturated heterocycles. The average molecular weight is 303 g/mol. The van der Waals surface area contributed by atoms with Gasteiger partial charge >= 0.3 is 0 Å². The molecule has 0 spiro atoms. The minimum atomic E-state index is -0.906. The second kappa shape index (κ2) is 5.88. The van der Waals surface area contributed by atoms with Crippen molar-refractivity contribution in [3.63, 3.8) is 0 Å². The van der Waals surface area contributed by atoms with E-state index >= 15 is 0 Å². The number of nitrogens with zero attached hydrogens (tertiary/aromatic N) is 1. The van der Waals surface area contributed by atoms with E-state index in [1.54, 1.807) is 6.92 Å². The monoisotopic (exact) mass is 303 g/mol. The van der Waals surface area contributed by atoms with Crippen LogP contribution in [0.5, 0.6) is 0 Å². The molecule has 0 bridgehead atoms. The van der Waals surface area contributed by atoms with Crippen molar-refractivity contribution in [2.24, 2.45) is 0 Å². The van der Waals surface area contributed by atoms with Crippen molar-refractivity contribution >= 4 is 5.91 Å². The summed E-state index contributed by atoms with van der Waals surface area (Å²) in [6, 6.07) is 5.08. The van der Waals surface area contributed by atoms with E-state index in [0.29, 0.717) is 11.3 Å². The summed E-state index contributed by atoms with van der Waals surface area (Å²) in [7, 11) is 0. The lowest BCUT2D eigenvalue weighted by molar-refractivity contribution is 0.0846. The van der Waals surface area contributed by atoms with Gasteiger partial charge in [-0.25, -0.2) is 4.39 Å². The molecule has 1 aliphatic carbocycles. The number of halogens is 1. The zero-order chi connectivity index (χ0) is 15.7. The topological polar surface area (TPSA) is 78.0 Å². The number of carbonyl (C=O) groups is 1. The van der Waals surface area contributed by atoms with E-state index in [2.05, 4.69) is 15.5 Å². The molecule has 6 heteroatoms. The average Bonchev–Trinajstić information content (AvgIpc) is 3.09. The highest BCUT2D eigenvalue weighted by Crippen LogP contribution is 2.23. The first-order valence-corrected chi connectivity index (χ1v) is 7.37. The lowest BCUT2D eigenvalue weighted by Gasteiger charge is -2.20. The zero-order valence-corrected chi connectivity index (χ0v) is 12.3. The molecule has 0 radical (unpaired) electrons. The molecule has 1 aliphatic rings. The number of amides is 1. The summed E-state index contributed by atoms with van der Waals surface area (Å²) in [4.78, 5) is 12.3. The van der Waals surface area contributed by atoms with Crippen LogP contribution >= 0.6 is 0 Å². The van der Waals surface area contributed by atoms with Gasteiger partial charge in [0.05, 0.1) is 12.1 Å². The third-order valence-corrected chi connectivity index (χ3v) is 4.07. The van der Waals surface area contributed by atoms with Crippen molar-refractivity contribution in [3.8, 4) is 0 Å². The molecule has 5 nitrogen and oxygen atoms in total. The summed E-state index contributed by atoms with van der Waals surface area (Å²) in [5.74, 6) is -0.659. The molecule has 1 aromatic heterocycles. The minimum absolute atomic E-state index is 0.298. The number of H-pyrrole nitrogens is 1. The van der Waals surface area contributed by atoms with Gasteiger partial charge in [-0.2, -0.15) is 5.10 Å². The summed E-state index contributed by atoms with van der Waals surface area (Å²) < 4.78 is 12.9. The van der Waals surface area contributed by atoms with Crippen LogP contribution in [-0.2, 0) is 12.8 Å². The molecule has 3 rings (SSSR count). The second-order valence-electron chi connectivity index (χ2n) is 5.64. The Bertz CT molecular complexity index is 681. The highest BCUT2D eigenvalue weighted by Gasteiger charge is 2.25. The van der Waals surface area contributed by atoms with Gasteiger partial charge in [0.2, 0.25) is 0 Å². The molecule has 0 aliphatic heterocycles. The van der Waals surface area contributed by atoms with E-state index in [-0.39, 0.29) is 11.7 Å². The highest BCUT2D eigenvalue weighted by atomic mass is 19.1. The lowest BCUT2D eigenvalue weighted by atomic mass is 10.0. The Kier molecular flexibility index (Phi) is 3.94. The van der Waals surface area contributed by atoms with Crippen LogP contribution in [0.3, 0.4) is 0 Å². The zero-order valence-electron chi connectivity index (χ0n) is 12.3. The normalized spacial score (nSPS) is 16.1. The fourth-order valence-corrected chi connectivity index (χ4v) is 2.81. The number of hydrogen-bond acceptors (Lipinski definition) is 3. The van der Waals surface area contributed by atoms with Gasteiger partial charge in [0.25, 0.3) is 5.91 Å². The molecule has 2 unspecified atom stereocenters. The van der Waals surface area contributed by atoms with Crippen molar-refractivity contribution in [1.82, 2.24) is 15.5 Å². The highest BCUT2D eigenvalue weighted by molar-refractivity contribution is 5.94. The fourth-order valence-electron chi connectivity index (χ4n) is 2.81. The standard InChI is InChI=1S/C16H18FN3O2/c1-9(15(21)10-5-7-11(17)8-6-10)18-16(22)14-12-3-2-4-13(12)19-20-14/h5-9,15,21H,2-4H2,1H3,(H,18,22)(H,19,20). The number of nitrogens with one attached hydrogen (secondary N) is 2. The minimum Gasteiger partial charge on any atom is -0.386 e. The van der Waals surface area contributed by atoms with Crippen LogP contribution in [0.15, 0.2) is 24.3 Å². The van der Waals surface area contributed by atoms with Crippen LogP contribution < -0.4 is 5.32 Å². The van der Waals surface area contributed by atoms with E-state index in [4.69, 9.17) is 0 Å². The van der Waals surface area contributed by atoms with Crippen LogP contribution in [-0.4, -0.2) is 27.3 Å². The number of rotatable bonds is 4. The molecule has 1 heterocycles. The van der Waals surface area contributed by atoms with E-state index in [1.807, 2.05) is 0 Å². The number of aliphatic hydroxyl groups excluding tert-OH is 1. The summed E-state index contributed by atoms with van der Waals surface area (Å²) in [6.45, 7) is 1.71. The van der Waals surface area contributed by atoms with Gasteiger partial charge in [0, 0.05) is 11.3 Å². The van der Waals surface area contributed by atoms with Gasteiger partial charge < -0.3 is 10.4 Å². The predicted octanol–water partition coefficient (Wildman–Crippen LogP) is 1.89. The lowest BCUT2D eigenvalue weighted by Crippen LogP contribution is -2.37. The smallest absolute Gasteiger partial charge is 0.272 e. The second-order valence-corrected chi connectivity index (χ2v) is 5.64. The van der Waals surface area contributed by atoms with Gasteiger partial charge in [-0.3, -0.25) is 9.89 Å². The predicted molar refractivity (Wildman–Crippen MR) is 78.9 cm³/mol. The first-order chi connectivity index (χ1) is 10.6. The first kappa shape index (κ1) is 14.7. The Morgan fingerprint density at radius 3 is 2.82 bits per heavy atom. The molecule has 2 atom stereocenters. The first-order valence-electron chi connectivity index (χ1n) is 7.37. The molecular formula is C16H18FN3O2. The van der Waals surface area contributed by atoms with E-state index < -0.39 is 12.1 Å². The van der Waals surface area contributed by atoms with Crippen LogP contribution in [0, 0.1) is 5.82 Å². The molecule has 1 amide bonds. The number of aromatic nitrogens is 2. The summed E-state index contributed by atoms with van der Waals surface area (Å²) in [5, 5.41) is 20.0. The van der Waals surface area contributed by atoms with Gasteiger partial charge in [-0.05, 0) is 43.9 Å². The molecule has 22 heavy (non-hydrogen) atoms. The molecular weight excluding hydrogens is 285 g/mol. The van der Waals surface area contributed by atoms with E-state index in [9.17, 15) is 14.3 Å². The number of aryl methyl sites for hydroxylation is 1. The third kappa shape index (κ3) is 2.74. The van der Waals surface area contributed by atoms with Crippen molar-refractivity contribution in [1.29, 1.82) is 0 Å². The molecule has 2 aromatic rings. The van der Waals surface area contributed by atoms with Gasteiger partial charge in [-0.15, -0.1) is 0 Å². The SMILES string of the molecule is CC(NC(=O)c1n[nH]c2c1CCC2)C(O)c1ccc(F)cc1. The number of hydrogen-bond donors (Lipinski definition) is 3. The van der Waals surface area contributed by atoms with E-state index in [0.717, 1.165) is 30.5 Å². The fraction of sp³-hybridized carbons (Fsp3) is 0.375. The van der Waals surface area contributed by atoms with Gasteiger partial charge in [-0.1, -0.05) is 12.1 Å². The van der Waals surface area contributed by atoms with Crippen molar-refractivity contribution in [2.45, 2.75) is 38.3 Å². The van der Waals surface area contributed by atoms with E-state index in [1.165, 1.54) is 24.3 Å². The number of fused-ring (bicyclic) bond motifs is 1. The molecule has 116 valence electrons. The Labute approximate surface area is 127 Å². The summed E-state index contributed by atoms with van der Waals surface area (Å²) in [5.41, 5.74) is 2.96. The van der Waals surface area contributed by atoms with Crippen molar-refractivity contribution < 1.29 is 14.3 Å². The molecule has 1 aromatic carbocycles. The van der Waals surface area contributed by atoms with Crippen molar-refractivity contribution in [2.75, 3.05) is 0 Å². The summed E-state index contributed by atoms with van der Waals surface area (Å²) >= 11 is 0. The van der Waals surface area contributed by atoms with Crippen LogP contribution in [0.25, 0.3) is 0 Å². The number of carbonyl (C=O) groups excluding carboxylic acids is 1. The van der Waals surface area contributed by atoms with Crippen LogP contribution in [0.2, 0.25) is 0 Å². The Balaban J connectivity index is 1.69. The largest absolute Gasteiger partial charge is 0.386 e. The maximum absolute atomic E-state index is 12.9. The maximum Gasteiger partial charge on any atom is 0.272 e. The molecule has 3 N–H and O–H groups in total. The van der Waals surface area contributed by atoms with Gasteiger partial charge in [0.15, 0.2) is 5.69 Å². The quantitative estimate of drug-likeness (QED) is 0.807. The molecule has 0 saturated carbocycles. The third-order valence-electron chi connectivity index (χ3n) is 4.07. The van der Waals surface area contributed by atoms with Crippen molar-refractivity contribution in [3.05, 3.63) is 52.6 Å². The Morgan fingerprint density at radius 2 is 2.09 bits per heavy atom. The maximum atomic E-state index is 12.9. The number of aromatic amines is 1. The number of benzene rings is 1. The number of aliphatic hydroxyl groups is 1. The molecule has 0 fully saturated rings. The van der Waals surface area contributed by atoms with Crippen LogP contribution in [0.4, 0.5) is 4.39 Å². The van der Waals surface area contributed by atoms with Crippen LogP contribution in [0.1, 0.15) is 46.8 Å². The Morgan fingerprint density at radius 1 is 1.36 bits per heavy atom. The Hall–Kier alpha value is -2.21. The summed E-state index contributed by atoms with van der Waals surface area (Å²) in [6.07, 6.45) is 1.89.